The van der Waals surface area contributed by atoms with Crippen molar-refractivity contribution in [2.24, 2.45) is 5.92 Å². The number of carbonyl (C=O) groups is 2. The molecule has 1 N–H and O–H groups in total. The van der Waals surface area contributed by atoms with Gasteiger partial charge >= 0.3 is 0 Å². The molecule has 130 valence electrons. The van der Waals surface area contributed by atoms with Crippen molar-refractivity contribution in [2.75, 3.05) is 16.8 Å². The van der Waals surface area contributed by atoms with E-state index < -0.39 is 5.92 Å². The number of fused-ring (bicyclic) bond motifs is 1. The number of carbonyl (C=O) groups excluding carboxylic acids is 2. The van der Waals surface area contributed by atoms with Crippen LogP contribution in [0.25, 0.3) is 10.9 Å². The molecule has 2 aromatic carbocycles. The van der Waals surface area contributed by atoms with Crippen molar-refractivity contribution in [1.29, 1.82) is 0 Å². The fourth-order valence-electron chi connectivity index (χ4n) is 3.20. The Morgan fingerprint density at radius 2 is 1.92 bits per heavy atom. The lowest BCUT2D eigenvalue weighted by molar-refractivity contribution is -0.122. The number of anilines is 2. The van der Waals surface area contributed by atoms with Crippen molar-refractivity contribution >= 4 is 45.7 Å². The molecule has 0 aliphatic carbocycles. The maximum absolute atomic E-state index is 12.7. The minimum absolute atomic E-state index is 0.0629. The molecule has 1 atom stereocenters. The van der Waals surface area contributed by atoms with Crippen LogP contribution in [0.5, 0.6) is 0 Å². The highest BCUT2D eigenvalue weighted by atomic mass is 35.5. The van der Waals surface area contributed by atoms with E-state index >= 15 is 0 Å². The van der Waals surface area contributed by atoms with Crippen LogP contribution in [0.3, 0.4) is 0 Å². The minimum atomic E-state index is -0.398. The Balaban J connectivity index is 1.52. The Morgan fingerprint density at radius 1 is 1.12 bits per heavy atom. The first-order chi connectivity index (χ1) is 12.6. The van der Waals surface area contributed by atoms with E-state index in [0.717, 1.165) is 16.6 Å². The van der Waals surface area contributed by atoms with Crippen LogP contribution in [0, 0.1) is 5.92 Å². The van der Waals surface area contributed by atoms with Crippen molar-refractivity contribution in [3.8, 4) is 0 Å². The molecule has 1 fully saturated rings. The smallest absolute Gasteiger partial charge is 0.229 e. The number of aromatic nitrogens is 1. The number of hydrogen-bond acceptors (Lipinski definition) is 3. The third-order valence-electron chi connectivity index (χ3n) is 4.54. The highest BCUT2D eigenvalue weighted by Crippen LogP contribution is 2.28. The molecule has 1 saturated heterocycles. The van der Waals surface area contributed by atoms with Crippen molar-refractivity contribution < 1.29 is 9.59 Å². The van der Waals surface area contributed by atoms with Crippen molar-refractivity contribution in [3.05, 3.63) is 65.8 Å². The molecule has 2 amide bonds. The number of nitrogens with one attached hydrogen (secondary N) is 1. The summed E-state index contributed by atoms with van der Waals surface area (Å²) < 4.78 is 0. The second-order valence-corrected chi connectivity index (χ2v) is 6.68. The lowest BCUT2D eigenvalue weighted by Crippen LogP contribution is -2.28. The van der Waals surface area contributed by atoms with E-state index in [4.69, 9.17) is 11.6 Å². The van der Waals surface area contributed by atoms with Gasteiger partial charge in [-0.1, -0.05) is 17.7 Å². The molecule has 5 nitrogen and oxygen atoms in total. The van der Waals surface area contributed by atoms with Crippen LogP contribution in [0.4, 0.5) is 11.4 Å². The Labute approximate surface area is 155 Å². The molecule has 26 heavy (non-hydrogen) atoms. The zero-order chi connectivity index (χ0) is 18.1. The Hall–Kier alpha value is -2.92. The highest BCUT2D eigenvalue weighted by Gasteiger charge is 2.35. The molecule has 1 unspecified atom stereocenters. The standard InChI is InChI=1S/C20H16ClN3O2/c21-14-6-8-15(9-7-14)24-12-13(11-19(24)25)20(26)23-18-5-1-4-17-16(18)3-2-10-22-17/h1-10,13H,11-12H2,(H,23,26). The largest absolute Gasteiger partial charge is 0.325 e. The van der Waals surface area contributed by atoms with Crippen LogP contribution < -0.4 is 10.2 Å². The Morgan fingerprint density at radius 3 is 2.73 bits per heavy atom. The number of hydrogen-bond donors (Lipinski definition) is 1. The molecule has 0 saturated carbocycles. The van der Waals surface area contributed by atoms with Gasteiger partial charge in [0.2, 0.25) is 11.8 Å². The summed E-state index contributed by atoms with van der Waals surface area (Å²) >= 11 is 5.90. The molecular weight excluding hydrogens is 350 g/mol. The summed E-state index contributed by atoms with van der Waals surface area (Å²) in [5.74, 6) is -0.622. The average Bonchev–Trinajstić information content (AvgIpc) is 3.05. The van der Waals surface area contributed by atoms with Gasteiger partial charge in [-0.05, 0) is 48.5 Å². The van der Waals surface area contributed by atoms with Crippen LogP contribution in [-0.2, 0) is 9.59 Å². The summed E-state index contributed by atoms with van der Waals surface area (Å²) in [5, 5.41) is 4.44. The van der Waals surface area contributed by atoms with E-state index in [1.807, 2.05) is 30.3 Å². The number of amides is 2. The predicted octanol–water partition coefficient (Wildman–Crippen LogP) is 3.88. The number of benzene rings is 2. The summed E-state index contributed by atoms with van der Waals surface area (Å²) in [4.78, 5) is 31.0. The lowest BCUT2D eigenvalue weighted by Gasteiger charge is -2.17. The minimum Gasteiger partial charge on any atom is -0.325 e. The van der Waals surface area contributed by atoms with Crippen LogP contribution in [0.15, 0.2) is 60.8 Å². The first-order valence-electron chi connectivity index (χ1n) is 8.32. The number of nitrogens with zero attached hydrogens (tertiary/aromatic N) is 2. The van der Waals surface area contributed by atoms with Gasteiger partial charge in [-0.15, -0.1) is 0 Å². The Bertz CT molecular complexity index is 983. The van der Waals surface area contributed by atoms with Gasteiger partial charge < -0.3 is 10.2 Å². The normalized spacial score (nSPS) is 16.9. The molecule has 0 bridgehead atoms. The quantitative estimate of drug-likeness (QED) is 0.766. The zero-order valence-corrected chi connectivity index (χ0v) is 14.6. The van der Waals surface area contributed by atoms with Gasteiger partial charge in [-0.3, -0.25) is 14.6 Å². The van der Waals surface area contributed by atoms with E-state index in [-0.39, 0.29) is 18.2 Å². The first kappa shape index (κ1) is 16.5. The van der Waals surface area contributed by atoms with Crippen LogP contribution in [0.2, 0.25) is 5.02 Å². The van der Waals surface area contributed by atoms with Gasteiger partial charge in [-0.2, -0.15) is 0 Å². The summed E-state index contributed by atoms with van der Waals surface area (Å²) in [7, 11) is 0. The molecule has 1 aliphatic heterocycles. The van der Waals surface area contributed by atoms with Crippen LogP contribution in [0.1, 0.15) is 6.42 Å². The first-order valence-corrected chi connectivity index (χ1v) is 8.70. The molecule has 1 aliphatic rings. The van der Waals surface area contributed by atoms with E-state index in [9.17, 15) is 9.59 Å². The topological polar surface area (TPSA) is 62.3 Å². The molecule has 3 aromatic rings. The zero-order valence-electron chi connectivity index (χ0n) is 13.9. The molecule has 6 heteroatoms. The average molecular weight is 366 g/mol. The molecule has 0 radical (unpaired) electrons. The van der Waals surface area contributed by atoms with Crippen molar-refractivity contribution in [3.63, 3.8) is 0 Å². The molecule has 2 heterocycles. The molecule has 1 aromatic heterocycles. The van der Waals surface area contributed by atoms with Gasteiger partial charge in [0.25, 0.3) is 0 Å². The highest BCUT2D eigenvalue weighted by molar-refractivity contribution is 6.30. The maximum Gasteiger partial charge on any atom is 0.229 e. The fourth-order valence-corrected chi connectivity index (χ4v) is 3.33. The van der Waals surface area contributed by atoms with Crippen LogP contribution in [-0.4, -0.2) is 23.3 Å². The van der Waals surface area contributed by atoms with Crippen LogP contribution >= 0.6 is 11.6 Å². The third kappa shape index (κ3) is 3.13. The molecular formula is C20H16ClN3O2. The SMILES string of the molecule is O=C(Nc1cccc2ncccc12)C1CC(=O)N(c2ccc(Cl)cc2)C1. The number of rotatable bonds is 3. The van der Waals surface area contributed by atoms with Gasteiger partial charge in [0.15, 0.2) is 0 Å². The van der Waals surface area contributed by atoms with E-state index in [2.05, 4.69) is 10.3 Å². The fraction of sp³-hybridized carbons (Fsp3) is 0.150. The Kier molecular flexibility index (Phi) is 4.31. The molecule has 0 spiro atoms. The second-order valence-electron chi connectivity index (χ2n) is 6.25. The van der Waals surface area contributed by atoms with Gasteiger partial charge in [0, 0.05) is 35.3 Å². The van der Waals surface area contributed by atoms with E-state index in [1.165, 1.54) is 0 Å². The predicted molar refractivity (Wildman–Crippen MR) is 102 cm³/mol. The van der Waals surface area contributed by atoms with E-state index in [1.54, 1.807) is 35.4 Å². The monoisotopic (exact) mass is 365 g/mol. The van der Waals surface area contributed by atoms with Crippen molar-refractivity contribution in [2.45, 2.75) is 6.42 Å². The maximum atomic E-state index is 12.7. The van der Waals surface area contributed by atoms with Gasteiger partial charge in [0.1, 0.15) is 0 Å². The number of halogens is 1. The van der Waals surface area contributed by atoms with E-state index in [0.29, 0.717) is 17.3 Å². The lowest BCUT2D eigenvalue weighted by atomic mass is 10.1. The molecule has 4 rings (SSSR count). The second kappa shape index (κ2) is 6.77. The summed E-state index contributed by atoms with van der Waals surface area (Å²) in [6, 6.07) is 16.4. The number of pyridine rings is 1. The summed E-state index contributed by atoms with van der Waals surface area (Å²) in [5.41, 5.74) is 2.28. The van der Waals surface area contributed by atoms with Crippen molar-refractivity contribution in [1.82, 2.24) is 4.98 Å². The summed E-state index contributed by atoms with van der Waals surface area (Å²) in [6.45, 7) is 0.356. The summed E-state index contributed by atoms with van der Waals surface area (Å²) in [6.07, 6.45) is 1.91. The third-order valence-corrected chi connectivity index (χ3v) is 4.79. The van der Waals surface area contributed by atoms with Gasteiger partial charge in [0.05, 0.1) is 17.1 Å². The van der Waals surface area contributed by atoms with Gasteiger partial charge in [-0.25, -0.2) is 0 Å².